The number of rotatable bonds is 7. The van der Waals surface area contributed by atoms with Gasteiger partial charge in [0.15, 0.2) is 0 Å². The Labute approximate surface area is 113 Å². The minimum Gasteiger partial charge on any atom is -0.103 e. The summed E-state index contributed by atoms with van der Waals surface area (Å²) in [5, 5.41) is 0.885. The minimum atomic E-state index is 0.885. The predicted molar refractivity (Wildman–Crippen MR) is 80.8 cm³/mol. The van der Waals surface area contributed by atoms with E-state index in [-0.39, 0.29) is 0 Å². The molecule has 0 aliphatic heterocycles. The van der Waals surface area contributed by atoms with Crippen LogP contribution in [0.3, 0.4) is 0 Å². The van der Waals surface area contributed by atoms with Crippen molar-refractivity contribution in [3.63, 3.8) is 0 Å². The molecule has 0 saturated heterocycles. The molecule has 90 valence electrons. The lowest BCUT2D eigenvalue weighted by Gasteiger charge is -2.14. The molecular formula is C16H19Br. The van der Waals surface area contributed by atoms with Crippen LogP contribution in [0.5, 0.6) is 0 Å². The van der Waals surface area contributed by atoms with Gasteiger partial charge in [0, 0.05) is 5.33 Å². The molecule has 0 aliphatic carbocycles. The van der Waals surface area contributed by atoms with Crippen LogP contribution in [0.4, 0.5) is 0 Å². The van der Waals surface area contributed by atoms with Crippen molar-refractivity contribution in [2.75, 3.05) is 0 Å². The summed E-state index contributed by atoms with van der Waals surface area (Å²) >= 11 is 3.52. The zero-order valence-corrected chi connectivity index (χ0v) is 11.8. The van der Waals surface area contributed by atoms with Crippen molar-refractivity contribution in [1.82, 2.24) is 0 Å². The Morgan fingerprint density at radius 2 is 1.35 bits per heavy atom. The number of alkyl halides is 1. The lowest BCUT2D eigenvalue weighted by molar-refractivity contribution is 1.07. The Kier molecular flexibility index (Phi) is 5.99. The normalized spacial score (nSPS) is 9.94. The molecule has 0 saturated carbocycles. The average molecular weight is 291 g/mol. The van der Waals surface area contributed by atoms with Gasteiger partial charge in [-0.1, -0.05) is 46.3 Å². The molecule has 0 fully saturated rings. The Morgan fingerprint density at radius 1 is 0.882 bits per heavy atom. The van der Waals surface area contributed by atoms with Crippen LogP contribution in [0.1, 0.15) is 22.3 Å². The van der Waals surface area contributed by atoms with E-state index >= 15 is 0 Å². The fourth-order valence-corrected chi connectivity index (χ4v) is 2.35. The van der Waals surface area contributed by atoms with Gasteiger partial charge in [0.05, 0.1) is 0 Å². The first-order chi connectivity index (χ1) is 8.26. The number of hydrogen-bond donors (Lipinski definition) is 0. The number of hydrogen-bond acceptors (Lipinski definition) is 0. The van der Waals surface area contributed by atoms with Gasteiger partial charge in [0.25, 0.3) is 0 Å². The molecule has 1 aromatic rings. The molecule has 0 aliphatic rings. The summed E-state index contributed by atoms with van der Waals surface area (Å²) in [7, 11) is 0. The van der Waals surface area contributed by atoms with Crippen LogP contribution in [0.25, 0.3) is 0 Å². The molecule has 0 radical (unpaired) electrons. The van der Waals surface area contributed by atoms with Crippen LogP contribution in [0.2, 0.25) is 0 Å². The van der Waals surface area contributed by atoms with Crippen molar-refractivity contribution in [3.05, 3.63) is 72.4 Å². The highest BCUT2D eigenvalue weighted by Crippen LogP contribution is 2.22. The van der Waals surface area contributed by atoms with Gasteiger partial charge < -0.3 is 0 Å². The van der Waals surface area contributed by atoms with Crippen molar-refractivity contribution in [2.45, 2.75) is 24.6 Å². The quantitative estimate of drug-likeness (QED) is 0.501. The third-order valence-electron chi connectivity index (χ3n) is 2.73. The summed E-state index contributed by atoms with van der Waals surface area (Å²) in [4.78, 5) is 0. The largest absolute Gasteiger partial charge is 0.103 e. The second-order valence-electron chi connectivity index (χ2n) is 4.00. The smallest absolute Gasteiger partial charge is 0.0283 e. The lowest BCUT2D eigenvalue weighted by Crippen LogP contribution is -2.00. The molecular weight excluding hydrogens is 272 g/mol. The summed E-state index contributed by atoms with van der Waals surface area (Å²) in [5.41, 5.74) is 5.40. The van der Waals surface area contributed by atoms with Crippen molar-refractivity contribution < 1.29 is 0 Å². The van der Waals surface area contributed by atoms with Gasteiger partial charge in [-0.05, 0) is 41.5 Å². The van der Waals surface area contributed by atoms with E-state index in [0.717, 1.165) is 24.6 Å². The molecule has 1 rings (SSSR count). The van der Waals surface area contributed by atoms with Crippen molar-refractivity contribution >= 4 is 15.9 Å². The summed E-state index contributed by atoms with van der Waals surface area (Å²) in [5.74, 6) is 0. The molecule has 0 aromatic heterocycles. The monoisotopic (exact) mass is 290 g/mol. The Bertz CT molecular complexity index is 385. The standard InChI is InChI=1S/C16H19Br/c1-4-7-14-10-13(12-17)11-15(8-5-2)16(14)9-6-3/h4-6,10-11H,1-3,7-9,12H2. The lowest BCUT2D eigenvalue weighted by atomic mass is 9.92. The van der Waals surface area contributed by atoms with E-state index in [1.165, 1.54) is 22.3 Å². The van der Waals surface area contributed by atoms with Gasteiger partial charge in [-0.25, -0.2) is 0 Å². The first kappa shape index (κ1) is 14.0. The molecule has 17 heavy (non-hydrogen) atoms. The van der Waals surface area contributed by atoms with Crippen molar-refractivity contribution in [1.29, 1.82) is 0 Å². The molecule has 1 heteroatoms. The van der Waals surface area contributed by atoms with Crippen LogP contribution in [0, 0.1) is 0 Å². The zero-order chi connectivity index (χ0) is 12.7. The second-order valence-corrected chi connectivity index (χ2v) is 4.57. The van der Waals surface area contributed by atoms with E-state index in [0.29, 0.717) is 0 Å². The predicted octanol–water partition coefficient (Wildman–Crippen LogP) is 4.77. The maximum Gasteiger partial charge on any atom is 0.0283 e. The maximum atomic E-state index is 3.84. The Morgan fingerprint density at radius 3 is 1.71 bits per heavy atom. The van der Waals surface area contributed by atoms with E-state index in [2.05, 4.69) is 47.8 Å². The third kappa shape index (κ3) is 3.71. The molecule has 0 amide bonds. The Balaban J connectivity index is 3.30. The van der Waals surface area contributed by atoms with Crippen LogP contribution >= 0.6 is 15.9 Å². The maximum absolute atomic E-state index is 3.84. The Hall–Kier alpha value is -1.08. The number of benzene rings is 1. The molecule has 0 bridgehead atoms. The van der Waals surface area contributed by atoms with E-state index in [4.69, 9.17) is 0 Å². The van der Waals surface area contributed by atoms with Crippen molar-refractivity contribution in [2.24, 2.45) is 0 Å². The van der Waals surface area contributed by atoms with Gasteiger partial charge in [0.2, 0.25) is 0 Å². The molecule has 0 nitrogen and oxygen atoms in total. The molecule has 0 spiro atoms. The minimum absolute atomic E-state index is 0.885. The fourth-order valence-electron chi connectivity index (χ4n) is 2.03. The van der Waals surface area contributed by atoms with Gasteiger partial charge in [-0.15, -0.1) is 19.7 Å². The van der Waals surface area contributed by atoms with Gasteiger partial charge in [-0.3, -0.25) is 0 Å². The highest BCUT2D eigenvalue weighted by atomic mass is 79.9. The third-order valence-corrected chi connectivity index (χ3v) is 3.37. The fraction of sp³-hybridized carbons (Fsp3) is 0.250. The topological polar surface area (TPSA) is 0 Å². The molecule has 1 aromatic carbocycles. The molecule has 0 unspecified atom stereocenters. The SMILES string of the molecule is C=CCc1cc(CBr)cc(CC=C)c1CC=C. The van der Waals surface area contributed by atoms with Gasteiger partial charge >= 0.3 is 0 Å². The average Bonchev–Trinajstić information content (AvgIpc) is 2.33. The highest BCUT2D eigenvalue weighted by molar-refractivity contribution is 9.08. The van der Waals surface area contributed by atoms with E-state index in [1.54, 1.807) is 0 Å². The van der Waals surface area contributed by atoms with Gasteiger partial charge in [0.1, 0.15) is 0 Å². The van der Waals surface area contributed by atoms with E-state index < -0.39 is 0 Å². The first-order valence-corrected chi connectivity index (χ1v) is 6.91. The molecule has 0 N–H and O–H groups in total. The summed E-state index contributed by atoms with van der Waals surface area (Å²) < 4.78 is 0. The van der Waals surface area contributed by atoms with E-state index in [1.807, 2.05) is 18.2 Å². The van der Waals surface area contributed by atoms with Crippen LogP contribution < -0.4 is 0 Å². The summed E-state index contributed by atoms with van der Waals surface area (Å²) in [6, 6.07) is 4.50. The van der Waals surface area contributed by atoms with Crippen molar-refractivity contribution in [3.8, 4) is 0 Å². The van der Waals surface area contributed by atoms with Crippen LogP contribution in [-0.2, 0) is 24.6 Å². The second kappa shape index (κ2) is 7.29. The summed E-state index contributed by atoms with van der Waals surface area (Å²) in [6.45, 7) is 11.5. The van der Waals surface area contributed by atoms with Crippen LogP contribution in [-0.4, -0.2) is 0 Å². The van der Waals surface area contributed by atoms with E-state index in [9.17, 15) is 0 Å². The zero-order valence-electron chi connectivity index (χ0n) is 10.2. The first-order valence-electron chi connectivity index (χ1n) is 5.79. The molecule has 0 atom stereocenters. The van der Waals surface area contributed by atoms with Gasteiger partial charge in [-0.2, -0.15) is 0 Å². The molecule has 0 heterocycles. The van der Waals surface area contributed by atoms with Crippen LogP contribution in [0.15, 0.2) is 50.1 Å². The highest BCUT2D eigenvalue weighted by Gasteiger charge is 2.08. The number of halogens is 1. The summed E-state index contributed by atoms with van der Waals surface area (Å²) in [6.07, 6.45) is 8.61. The number of allylic oxidation sites excluding steroid dienone is 3.